The highest BCUT2D eigenvalue weighted by Gasteiger charge is 2.30. The van der Waals surface area contributed by atoms with Gasteiger partial charge in [0, 0.05) is 11.6 Å². The van der Waals surface area contributed by atoms with Crippen LogP contribution in [0.5, 0.6) is 11.5 Å². The Morgan fingerprint density at radius 3 is 2.54 bits per heavy atom. The summed E-state index contributed by atoms with van der Waals surface area (Å²) in [6.45, 7) is 3.01. The van der Waals surface area contributed by atoms with Crippen LogP contribution < -0.4 is 14.8 Å². The Morgan fingerprint density at radius 1 is 1.29 bits per heavy atom. The summed E-state index contributed by atoms with van der Waals surface area (Å²) in [6, 6.07) is 4.33. The lowest BCUT2D eigenvalue weighted by Crippen LogP contribution is -2.43. The van der Waals surface area contributed by atoms with Gasteiger partial charge in [-0.05, 0) is 38.5 Å². The summed E-state index contributed by atoms with van der Waals surface area (Å²) in [7, 11) is -1.61. The number of carbonyl (C=O) groups is 2. The van der Waals surface area contributed by atoms with Crippen molar-refractivity contribution in [3.8, 4) is 11.5 Å². The fourth-order valence-electron chi connectivity index (χ4n) is 2.46. The predicted octanol–water partition coefficient (Wildman–Crippen LogP) is 0.968. The first-order valence-electron chi connectivity index (χ1n) is 7.58. The quantitative estimate of drug-likeness (QED) is 0.764. The van der Waals surface area contributed by atoms with Crippen LogP contribution >= 0.6 is 0 Å². The Kier molecular flexibility index (Phi) is 5.48. The van der Waals surface area contributed by atoms with Gasteiger partial charge in [-0.3, -0.25) is 9.59 Å². The molecule has 1 aromatic carbocycles. The molecule has 1 aromatic rings. The lowest BCUT2D eigenvalue weighted by Gasteiger charge is -2.19. The third-order valence-corrected chi connectivity index (χ3v) is 5.59. The van der Waals surface area contributed by atoms with Gasteiger partial charge in [0.2, 0.25) is 0 Å². The van der Waals surface area contributed by atoms with Gasteiger partial charge in [-0.25, -0.2) is 8.42 Å². The van der Waals surface area contributed by atoms with Crippen molar-refractivity contribution in [3.63, 3.8) is 0 Å². The lowest BCUT2D eigenvalue weighted by atomic mass is 10.1. The second-order valence-corrected chi connectivity index (χ2v) is 8.02. The first kappa shape index (κ1) is 18.3. The maximum absolute atomic E-state index is 12.2. The van der Waals surface area contributed by atoms with E-state index in [9.17, 15) is 18.0 Å². The molecule has 1 saturated heterocycles. The standard InChI is InChI=1S/C16H21NO6S/c1-10(18)12-4-5-14(15(8-12)22-3)23-11(2)16(19)17-13-6-7-24(20,21)9-13/h4-5,8,11,13H,6-7,9H2,1-3H3,(H,17,19)/t11-,13-/m0/s1. The molecule has 0 radical (unpaired) electrons. The minimum atomic E-state index is -3.06. The van der Waals surface area contributed by atoms with E-state index in [0.717, 1.165) is 0 Å². The van der Waals surface area contributed by atoms with Crippen LogP contribution in [0, 0.1) is 0 Å². The van der Waals surface area contributed by atoms with Gasteiger partial charge in [0.05, 0.1) is 18.6 Å². The van der Waals surface area contributed by atoms with Crippen molar-refractivity contribution in [3.05, 3.63) is 23.8 Å². The highest BCUT2D eigenvalue weighted by atomic mass is 32.2. The summed E-state index contributed by atoms with van der Waals surface area (Å²) in [5.41, 5.74) is 0.479. The number of sulfone groups is 1. The molecule has 24 heavy (non-hydrogen) atoms. The molecule has 0 spiro atoms. The van der Waals surface area contributed by atoms with Crippen LogP contribution in [0.1, 0.15) is 30.6 Å². The minimum absolute atomic E-state index is 0.0396. The number of ketones is 1. The first-order valence-corrected chi connectivity index (χ1v) is 9.40. The number of ether oxygens (including phenoxy) is 2. The maximum Gasteiger partial charge on any atom is 0.261 e. The molecule has 132 valence electrons. The Balaban J connectivity index is 2.02. The van der Waals surface area contributed by atoms with Gasteiger partial charge in [0.15, 0.2) is 33.2 Å². The molecule has 2 atom stereocenters. The van der Waals surface area contributed by atoms with Crippen LogP contribution in [0.15, 0.2) is 18.2 Å². The highest BCUT2D eigenvalue weighted by molar-refractivity contribution is 7.91. The lowest BCUT2D eigenvalue weighted by molar-refractivity contribution is -0.127. The van der Waals surface area contributed by atoms with E-state index >= 15 is 0 Å². The second-order valence-electron chi connectivity index (χ2n) is 5.79. The van der Waals surface area contributed by atoms with Gasteiger partial charge in [-0.2, -0.15) is 0 Å². The number of amides is 1. The molecule has 2 rings (SSSR count). The van der Waals surface area contributed by atoms with E-state index in [1.54, 1.807) is 25.1 Å². The molecule has 1 amide bonds. The molecule has 0 bridgehead atoms. The van der Waals surface area contributed by atoms with Gasteiger partial charge >= 0.3 is 0 Å². The summed E-state index contributed by atoms with van der Waals surface area (Å²) in [5.74, 6) is 0.244. The number of nitrogens with one attached hydrogen (secondary N) is 1. The highest BCUT2D eigenvalue weighted by Crippen LogP contribution is 2.29. The van der Waals surface area contributed by atoms with Crippen LogP contribution in [0.25, 0.3) is 0 Å². The van der Waals surface area contributed by atoms with E-state index in [1.165, 1.54) is 14.0 Å². The molecule has 8 heteroatoms. The van der Waals surface area contributed by atoms with E-state index in [-0.39, 0.29) is 23.3 Å². The molecule has 0 saturated carbocycles. The first-order chi connectivity index (χ1) is 11.2. The molecule has 0 aliphatic carbocycles. The summed E-state index contributed by atoms with van der Waals surface area (Å²) in [6.07, 6.45) is -0.414. The molecule has 1 aliphatic rings. The fraction of sp³-hybridized carbons (Fsp3) is 0.500. The number of methoxy groups -OCH3 is 1. The van der Waals surface area contributed by atoms with Gasteiger partial charge in [-0.15, -0.1) is 0 Å². The zero-order valence-electron chi connectivity index (χ0n) is 13.9. The zero-order valence-corrected chi connectivity index (χ0v) is 14.7. The molecule has 1 aliphatic heterocycles. The van der Waals surface area contributed by atoms with Gasteiger partial charge in [-0.1, -0.05) is 0 Å². The smallest absolute Gasteiger partial charge is 0.261 e. The Hall–Kier alpha value is -2.09. The summed E-state index contributed by atoms with van der Waals surface area (Å²) >= 11 is 0. The second kappa shape index (κ2) is 7.21. The van der Waals surface area contributed by atoms with E-state index in [4.69, 9.17) is 9.47 Å². The Labute approximate surface area is 141 Å². The molecule has 7 nitrogen and oxygen atoms in total. The minimum Gasteiger partial charge on any atom is -0.493 e. The molecule has 1 N–H and O–H groups in total. The van der Waals surface area contributed by atoms with Gasteiger partial charge in [0.25, 0.3) is 5.91 Å². The molecule has 0 aromatic heterocycles. The van der Waals surface area contributed by atoms with Crippen LogP contribution in [-0.4, -0.2) is 50.9 Å². The molecular weight excluding hydrogens is 334 g/mol. The monoisotopic (exact) mass is 355 g/mol. The van der Waals surface area contributed by atoms with Crippen molar-refractivity contribution in [2.45, 2.75) is 32.4 Å². The number of carbonyl (C=O) groups excluding carboxylic acids is 2. The van der Waals surface area contributed by atoms with E-state index in [1.807, 2.05) is 0 Å². The van der Waals surface area contributed by atoms with E-state index in [2.05, 4.69) is 5.32 Å². The normalized spacial score (nSPS) is 20.2. The van der Waals surface area contributed by atoms with Crippen molar-refractivity contribution in [1.29, 1.82) is 0 Å². The largest absolute Gasteiger partial charge is 0.493 e. The van der Waals surface area contributed by atoms with Crippen LogP contribution in [-0.2, 0) is 14.6 Å². The van der Waals surface area contributed by atoms with Crippen molar-refractivity contribution < 1.29 is 27.5 Å². The fourth-order valence-corrected chi connectivity index (χ4v) is 4.13. The van der Waals surface area contributed by atoms with Crippen molar-refractivity contribution in [2.24, 2.45) is 0 Å². The topological polar surface area (TPSA) is 98.8 Å². The maximum atomic E-state index is 12.2. The van der Waals surface area contributed by atoms with Crippen molar-refractivity contribution in [2.75, 3.05) is 18.6 Å². The number of rotatable bonds is 6. The van der Waals surface area contributed by atoms with Crippen LogP contribution in [0.3, 0.4) is 0 Å². The number of Topliss-reactive ketones (excluding diaryl/α,β-unsaturated/α-hetero) is 1. The summed E-state index contributed by atoms with van der Waals surface area (Å²) in [5, 5.41) is 2.68. The summed E-state index contributed by atoms with van der Waals surface area (Å²) < 4.78 is 33.6. The predicted molar refractivity (Wildman–Crippen MR) is 88.3 cm³/mol. The van der Waals surface area contributed by atoms with Gasteiger partial charge < -0.3 is 14.8 Å². The molecule has 1 heterocycles. The average molecular weight is 355 g/mol. The Morgan fingerprint density at radius 2 is 2.00 bits per heavy atom. The van der Waals surface area contributed by atoms with Gasteiger partial charge in [0.1, 0.15) is 0 Å². The third-order valence-electron chi connectivity index (χ3n) is 3.82. The van der Waals surface area contributed by atoms with E-state index < -0.39 is 21.8 Å². The van der Waals surface area contributed by atoms with Crippen LogP contribution in [0.2, 0.25) is 0 Å². The molecule has 0 unspecified atom stereocenters. The SMILES string of the molecule is COc1cc(C(C)=O)ccc1O[C@@H](C)C(=O)N[C@H]1CCS(=O)(=O)C1. The molecular formula is C16H21NO6S. The molecule has 1 fully saturated rings. The average Bonchev–Trinajstić information content (AvgIpc) is 2.86. The number of benzene rings is 1. The van der Waals surface area contributed by atoms with Crippen molar-refractivity contribution in [1.82, 2.24) is 5.32 Å². The Bertz CT molecular complexity index is 743. The summed E-state index contributed by atoms with van der Waals surface area (Å²) in [4.78, 5) is 23.6. The zero-order chi connectivity index (χ0) is 17.9. The number of hydrogen-bond acceptors (Lipinski definition) is 6. The third kappa shape index (κ3) is 4.47. The number of hydrogen-bond donors (Lipinski definition) is 1. The van der Waals surface area contributed by atoms with Crippen molar-refractivity contribution >= 4 is 21.5 Å². The van der Waals surface area contributed by atoms with E-state index in [0.29, 0.717) is 23.5 Å². The van der Waals surface area contributed by atoms with Crippen LogP contribution in [0.4, 0.5) is 0 Å².